The third-order valence-electron chi connectivity index (χ3n) is 3.89. The van der Waals surface area contributed by atoms with Gasteiger partial charge in [-0.15, -0.1) is 0 Å². The molecule has 96 valence electrons. The Morgan fingerprint density at radius 1 is 1.38 bits per heavy atom. The minimum atomic E-state index is -2.35. The molecule has 0 aromatic rings. The molecule has 2 nitrogen and oxygen atoms in total. The molecule has 3 heteroatoms. The summed E-state index contributed by atoms with van der Waals surface area (Å²) in [7, 11) is -2.35. The first kappa shape index (κ1) is 14.3. The maximum absolute atomic E-state index is 12.1. The summed E-state index contributed by atoms with van der Waals surface area (Å²) in [6.07, 6.45) is 4.49. The Hall–Kier alpha value is 0.190. The zero-order valence-corrected chi connectivity index (χ0v) is 12.3. The summed E-state index contributed by atoms with van der Waals surface area (Å²) >= 11 is 0. The van der Waals surface area contributed by atoms with Gasteiger partial charge in [0, 0.05) is 12.8 Å². The summed E-state index contributed by atoms with van der Waals surface area (Å²) in [6, 6.07) is 0. The monoisotopic (exact) mass is 246 g/mol. The van der Waals surface area contributed by atoms with Crippen LogP contribution in [0.4, 0.5) is 0 Å². The van der Waals surface area contributed by atoms with E-state index in [0.717, 1.165) is 12.3 Å². The van der Waals surface area contributed by atoms with Gasteiger partial charge in [0.25, 0.3) is 0 Å². The lowest BCUT2D eigenvalue weighted by Crippen LogP contribution is -2.33. The van der Waals surface area contributed by atoms with E-state index in [9.17, 15) is 4.57 Å². The first-order chi connectivity index (χ1) is 7.35. The van der Waals surface area contributed by atoms with Crippen LogP contribution in [-0.4, -0.2) is 18.9 Å². The minimum Gasteiger partial charge on any atom is -0.325 e. The van der Waals surface area contributed by atoms with Crippen LogP contribution in [0.1, 0.15) is 47.0 Å². The van der Waals surface area contributed by atoms with E-state index in [1.54, 1.807) is 6.66 Å². The van der Waals surface area contributed by atoms with Gasteiger partial charge in [0.05, 0.1) is 6.10 Å². The van der Waals surface area contributed by atoms with Gasteiger partial charge in [-0.05, 0) is 30.6 Å². The molecule has 0 saturated heterocycles. The second kappa shape index (κ2) is 5.69. The lowest BCUT2D eigenvalue weighted by molar-refractivity contribution is 0.0491. The summed E-state index contributed by atoms with van der Waals surface area (Å²) in [5.41, 5.74) is 0. The summed E-state index contributed by atoms with van der Waals surface area (Å²) in [5, 5.41) is 0. The topological polar surface area (TPSA) is 26.3 Å². The second-order valence-electron chi connectivity index (χ2n) is 5.80. The zero-order valence-electron chi connectivity index (χ0n) is 11.4. The van der Waals surface area contributed by atoms with E-state index in [2.05, 4.69) is 20.8 Å². The molecule has 0 bridgehead atoms. The van der Waals surface area contributed by atoms with Crippen LogP contribution in [0.3, 0.4) is 0 Å². The minimum absolute atomic E-state index is 0.222. The summed E-state index contributed by atoms with van der Waals surface area (Å²) in [6.45, 7) is 10.5. The Bertz CT molecular complexity index is 263. The average molecular weight is 246 g/mol. The molecule has 0 N–H and O–H groups in total. The fourth-order valence-corrected chi connectivity index (χ4v) is 3.56. The molecule has 16 heavy (non-hydrogen) atoms. The molecule has 1 saturated carbocycles. The van der Waals surface area contributed by atoms with Crippen LogP contribution in [0.2, 0.25) is 0 Å². The molecule has 0 aliphatic heterocycles. The fourth-order valence-electron chi connectivity index (χ4n) is 2.60. The van der Waals surface area contributed by atoms with Crippen molar-refractivity contribution in [2.45, 2.75) is 53.1 Å². The van der Waals surface area contributed by atoms with Crippen molar-refractivity contribution < 1.29 is 9.09 Å². The number of hydrogen-bond acceptors (Lipinski definition) is 2. The van der Waals surface area contributed by atoms with Gasteiger partial charge in [-0.3, -0.25) is 4.57 Å². The van der Waals surface area contributed by atoms with Gasteiger partial charge in [-0.1, -0.05) is 34.1 Å². The Morgan fingerprint density at radius 3 is 2.50 bits per heavy atom. The van der Waals surface area contributed by atoms with E-state index in [4.69, 9.17) is 4.52 Å². The number of hydrogen-bond donors (Lipinski definition) is 0. The van der Waals surface area contributed by atoms with Crippen molar-refractivity contribution in [3.05, 3.63) is 0 Å². The highest BCUT2D eigenvalue weighted by atomic mass is 31.2. The molecule has 4 atom stereocenters. The van der Waals surface area contributed by atoms with E-state index < -0.39 is 7.37 Å². The molecule has 1 rings (SSSR count). The third-order valence-corrected chi connectivity index (χ3v) is 5.76. The molecule has 4 unspecified atom stereocenters. The molecular formula is C13H27O2P. The highest BCUT2D eigenvalue weighted by molar-refractivity contribution is 7.58. The van der Waals surface area contributed by atoms with Crippen molar-refractivity contribution in [3.63, 3.8) is 0 Å². The van der Waals surface area contributed by atoms with E-state index >= 15 is 0 Å². The van der Waals surface area contributed by atoms with E-state index in [1.165, 1.54) is 12.8 Å². The molecule has 0 radical (unpaired) electrons. The van der Waals surface area contributed by atoms with Crippen LogP contribution in [0, 0.1) is 17.8 Å². The van der Waals surface area contributed by atoms with Gasteiger partial charge in [-0.25, -0.2) is 0 Å². The van der Waals surface area contributed by atoms with Gasteiger partial charge in [0.1, 0.15) is 0 Å². The highest BCUT2D eigenvalue weighted by Gasteiger charge is 2.34. The van der Waals surface area contributed by atoms with Gasteiger partial charge < -0.3 is 4.52 Å². The van der Waals surface area contributed by atoms with E-state index in [-0.39, 0.29) is 6.10 Å². The summed E-state index contributed by atoms with van der Waals surface area (Å²) < 4.78 is 18.0. The molecule has 0 amide bonds. The quantitative estimate of drug-likeness (QED) is 0.687. The smallest absolute Gasteiger partial charge is 0.200 e. The van der Waals surface area contributed by atoms with Crippen molar-refractivity contribution in [1.29, 1.82) is 0 Å². The molecule has 0 heterocycles. The fraction of sp³-hybridized carbons (Fsp3) is 1.00. The number of rotatable bonds is 4. The van der Waals surface area contributed by atoms with Crippen LogP contribution in [-0.2, 0) is 9.09 Å². The Balaban J connectivity index is 2.68. The average Bonchev–Trinajstić information content (AvgIpc) is 2.16. The molecule has 0 aromatic heterocycles. The van der Waals surface area contributed by atoms with Gasteiger partial charge in [0.15, 0.2) is 7.37 Å². The Morgan fingerprint density at radius 2 is 2.00 bits per heavy atom. The van der Waals surface area contributed by atoms with Crippen LogP contribution < -0.4 is 0 Å². The van der Waals surface area contributed by atoms with Crippen molar-refractivity contribution >= 4 is 7.37 Å². The SMILES string of the molecule is CCP(C)(=O)OC1CC(C)CCC1C(C)C. The highest BCUT2D eigenvalue weighted by Crippen LogP contribution is 2.48. The standard InChI is InChI=1S/C13H27O2P/c1-6-16(5,14)15-13-9-11(4)7-8-12(13)10(2)3/h10-13H,6-9H2,1-5H3. The zero-order chi connectivity index (χ0) is 12.3. The maximum Gasteiger partial charge on any atom is 0.200 e. The predicted octanol–water partition coefficient (Wildman–Crippen LogP) is 4.39. The Kier molecular flexibility index (Phi) is 5.07. The van der Waals surface area contributed by atoms with Crippen molar-refractivity contribution in [2.24, 2.45) is 17.8 Å². The first-order valence-corrected chi connectivity index (χ1v) is 8.86. The van der Waals surface area contributed by atoms with Gasteiger partial charge in [-0.2, -0.15) is 0 Å². The van der Waals surface area contributed by atoms with Crippen LogP contribution in [0.25, 0.3) is 0 Å². The normalized spacial score (nSPS) is 35.0. The van der Waals surface area contributed by atoms with Crippen molar-refractivity contribution in [3.8, 4) is 0 Å². The molecule has 1 fully saturated rings. The molecule has 0 spiro atoms. The Labute approximate surface area is 101 Å². The second-order valence-corrected chi connectivity index (χ2v) is 8.67. The molecular weight excluding hydrogens is 219 g/mol. The maximum atomic E-state index is 12.1. The van der Waals surface area contributed by atoms with Crippen LogP contribution >= 0.6 is 7.37 Å². The first-order valence-electron chi connectivity index (χ1n) is 6.60. The largest absolute Gasteiger partial charge is 0.325 e. The lowest BCUT2D eigenvalue weighted by Gasteiger charge is -2.38. The third kappa shape index (κ3) is 3.89. The van der Waals surface area contributed by atoms with Crippen LogP contribution in [0.5, 0.6) is 0 Å². The lowest BCUT2D eigenvalue weighted by atomic mass is 9.75. The molecule has 1 aliphatic carbocycles. The molecule has 1 aliphatic rings. The van der Waals surface area contributed by atoms with Crippen molar-refractivity contribution in [1.82, 2.24) is 0 Å². The van der Waals surface area contributed by atoms with Crippen molar-refractivity contribution in [2.75, 3.05) is 12.8 Å². The van der Waals surface area contributed by atoms with Crippen LogP contribution in [0.15, 0.2) is 0 Å². The molecule has 0 aromatic carbocycles. The van der Waals surface area contributed by atoms with Gasteiger partial charge >= 0.3 is 0 Å². The van der Waals surface area contributed by atoms with Gasteiger partial charge in [0.2, 0.25) is 0 Å². The summed E-state index contributed by atoms with van der Waals surface area (Å²) in [5.74, 6) is 1.95. The van der Waals surface area contributed by atoms with E-state index in [0.29, 0.717) is 18.0 Å². The predicted molar refractivity (Wildman–Crippen MR) is 70.3 cm³/mol. The summed E-state index contributed by atoms with van der Waals surface area (Å²) in [4.78, 5) is 0. The van der Waals surface area contributed by atoms with E-state index in [1.807, 2.05) is 6.92 Å².